The van der Waals surface area contributed by atoms with Gasteiger partial charge in [-0.2, -0.15) is 10.2 Å². The molecule has 5 nitrogen and oxygen atoms in total. The number of thiocarbonyl (C=S) groups is 1. The van der Waals surface area contributed by atoms with Gasteiger partial charge in [-0.05, 0) is 29.2 Å². The fraction of sp³-hybridized carbons (Fsp3) is 0.118. The zero-order valence-corrected chi connectivity index (χ0v) is 14.8. The Bertz CT molecular complexity index is 822. The molecule has 0 saturated carbocycles. The molecule has 1 aromatic carbocycles. The molecule has 122 valence electrons. The lowest BCUT2D eigenvalue weighted by Gasteiger charge is -2.00. The normalized spacial score (nSPS) is 10.9. The van der Waals surface area contributed by atoms with Crippen molar-refractivity contribution in [2.24, 2.45) is 5.10 Å². The van der Waals surface area contributed by atoms with Crippen molar-refractivity contribution in [3.05, 3.63) is 65.2 Å². The molecule has 7 heteroatoms. The number of nitrogens with one attached hydrogen (secondary N) is 2. The highest BCUT2D eigenvalue weighted by molar-refractivity contribution is 7.80. The molecular formula is C17H17N5S2. The van der Waals surface area contributed by atoms with Gasteiger partial charge >= 0.3 is 0 Å². The van der Waals surface area contributed by atoms with Crippen molar-refractivity contribution >= 4 is 34.9 Å². The second-order valence-corrected chi connectivity index (χ2v) is 6.40. The summed E-state index contributed by atoms with van der Waals surface area (Å²) in [7, 11) is 1.75. The lowest BCUT2D eigenvalue weighted by Crippen LogP contribution is -2.28. The zero-order chi connectivity index (χ0) is 16.8. The number of thiophene rings is 1. The van der Waals surface area contributed by atoms with Crippen LogP contribution in [0.3, 0.4) is 0 Å². The molecule has 0 saturated heterocycles. The average molecular weight is 355 g/mol. The first-order chi connectivity index (χ1) is 11.8. The molecule has 0 aliphatic rings. The number of aromatic nitrogens is 2. The highest BCUT2D eigenvalue weighted by Crippen LogP contribution is 2.26. The van der Waals surface area contributed by atoms with E-state index >= 15 is 0 Å². The van der Waals surface area contributed by atoms with E-state index in [2.05, 4.69) is 34.0 Å². The standard InChI is InChI=1S/C17H17N5S2/c1-18-17(23)20-19-10-14-12-22(11-13-6-3-2-4-7-13)21-16(14)15-8-5-9-24-15/h2-10,12H,11H2,1H3,(H2,18,20,23)/b19-10+. The van der Waals surface area contributed by atoms with E-state index in [1.807, 2.05) is 40.5 Å². The van der Waals surface area contributed by atoms with E-state index in [1.54, 1.807) is 24.6 Å². The van der Waals surface area contributed by atoms with Gasteiger partial charge in [0.1, 0.15) is 5.69 Å². The molecule has 0 aliphatic heterocycles. The quantitative estimate of drug-likeness (QED) is 0.420. The Morgan fingerprint density at radius 3 is 2.83 bits per heavy atom. The first-order valence-corrected chi connectivity index (χ1v) is 8.71. The van der Waals surface area contributed by atoms with Gasteiger partial charge in [-0.15, -0.1) is 11.3 Å². The fourth-order valence-corrected chi connectivity index (χ4v) is 2.99. The molecule has 0 aliphatic carbocycles. The predicted octanol–water partition coefficient (Wildman–Crippen LogP) is 3.09. The summed E-state index contributed by atoms with van der Waals surface area (Å²) in [5.41, 5.74) is 5.84. The molecule has 0 amide bonds. The van der Waals surface area contributed by atoms with Crippen LogP contribution in [-0.4, -0.2) is 28.2 Å². The van der Waals surface area contributed by atoms with Gasteiger partial charge < -0.3 is 5.32 Å². The number of hydrogen-bond acceptors (Lipinski definition) is 4. The molecule has 0 spiro atoms. The van der Waals surface area contributed by atoms with E-state index < -0.39 is 0 Å². The van der Waals surface area contributed by atoms with Crippen LogP contribution in [0, 0.1) is 0 Å². The van der Waals surface area contributed by atoms with Crippen LogP contribution < -0.4 is 10.7 Å². The van der Waals surface area contributed by atoms with Crippen molar-refractivity contribution < 1.29 is 0 Å². The van der Waals surface area contributed by atoms with Crippen LogP contribution in [0.1, 0.15) is 11.1 Å². The number of benzene rings is 1. The van der Waals surface area contributed by atoms with Gasteiger partial charge in [0.25, 0.3) is 0 Å². The molecule has 0 bridgehead atoms. The number of hydrazone groups is 1. The van der Waals surface area contributed by atoms with Crippen LogP contribution in [0.4, 0.5) is 0 Å². The average Bonchev–Trinajstić information content (AvgIpc) is 3.25. The Balaban J connectivity index is 1.86. The summed E-state index contributed by atoms with van der Waals surface area (Å²) in [6.07, 6.45) is 3.74. The van der Waals surface area contributed by atoms with Crippen molar-refractivity contribution in [2.75, 3.05) is 7.05 Å². The Hall–Kier alpha value is -2.51. The zero-order valence-electron chi connectivity index (χ0n) is 13.1. The third kappa shape index (κ3) is 4.06. The SMILES string of the molecule is CNC(=S)N/N=C/c1cn(Cc2ccccc2)nc1-c1cccs1. The van der Waals surface area contributed by atoms with E-state index in [-0.39, 0.29) is 0 Å². The maximum atomic E-state index is 5.02. The summed E-state index contributed by atoms with van der Waals surface area (Å²) in [6, 6.07) is 14.3. The van der Waals surface area contributed by atoms with Crippen molar-refractivity contribution in [3.63, 3.8) is 0 Å². The first kappa shape index (κ1) is 16.4. The molecule has 3 aromatic rings. The van der Waals surface area contributed by atoms with Gasteiger partial charge in [-0.3, -0.25) is 10.1 Å². The van der Waals surface area contributed by atoms with E-state index in [1.165, 1.54) is 5.56 Å². The molecular weight excluding hydrogens is 338 g/mol. The monoisotopic (exact) mass is 355 g/mol. The second-order valence-electron chi connectivity index (χ2n) is 5.04. The molecule has 2 aromatic heterocycles. The van der Waals surface area contributed by atoms with E-state index in [4.69, 9.17) is 17.3 Å². The van der Waals surface area contributed by atoms with Crippen molar-refractivity contribution in [3.8, 4) is 10.6 Å². The Labute approximate surface area is 150 Å². The maximum Gasteiger partial charge on any atom is 0.186 e. The van der Waals surface area contributed by atoms with Crippen LogP contribution in [0.15, 0.2) is 59.1 Å². The van der Waals surface area contributed by atoms with Gasteiger partial charge in [0.05, 0.1) is 17.6 Å². The predicted molar refractivity (Wildman–Crippen MR) is 103 cm³/mol. The number of nitrogens with zero attached hydrogens (tertiary/aromatic N) is 3. The fourth-order valence-electron chi connectivity index (χ4n) is 2.20. The second kappa shape index (κ2) is 7.85. The highest BCUT2D eigenvalue weighted by atomic mass is 32.1. The van der Waals surface area contributed by atoms with Gasteiger partial charge in [0, 0.05) is 18.8 Å². The number of rotatable bonds is 5. The van der Waals surface area contributed by atoms with Crippen LogP contribution in [-0.2, 0) is 6.54 Å². The van der Waals surface area contributed by atoms with Gasteiger partial charge in [0.2, 0.25) is 0 Å². The molecule has 0 radical (unpaired) electrons. The summed E-state index contributed by atoms with van der Waals surface area (Å²) in [5.74, 6) is 0. The van der Waals surface area contributed by atoms with E-state index in [9.17, 15) is 0 Å². The largest absolute Gasteiger partial charge is 0.364 e. The number of hydrogen-bond donors (Lipinski definition) is 2. The third-order valence-corrected chi connectivity index (χ3v) is 4.50. The van der Waals surface area contributed by atoms with Crippen molar-refractivity contribution in [1.29, 1.82) is 0 Å². The van der Waals surface area contributed by atoms with Crippen molar-refractivity contribution in [2.45, 2.75) is 6.54 Å². The van der Waals surface area contributed by atoms with E-state index in [0.717, 1.165) is 22.7 Å². The lowest BCUT2D eigenvalue weighted by molar-refractivity contribution is 0.689. The maximum absolute atomic E-state index is 5.02. The molecule has 0 unspecified atom stereocenters. The van der Waals surface area contributed by atoms with E-state index in [0.29, 0.717) is 5.11 Å². The summed E-state index contributed by atoms with van der Waals surface area (Å²) in [6.45, 7) is 0.718. The smallest absolute Gasteiger partial charge is 0.186 e. The summed E-state index contributed by atoms with van der Waals surface area (Å²) >= 11 is 6.68. The molecule has 24 heavy (non-hydrogen) atoms. The highest BCUT2D eigenvalue weighted by Gasteiger charge is 2.11. The third-order valence-electron chi connectivity index (χ3n) is 3.33. The molecule has 0 fully saturated rings. The first-order valence-electron chi connectivity index (χ1n) is 7.42. The van der Waals surface area contributed by atoms with Crippen LogP contribution in [0.25, 0.3) is 10.6 Å². The summed E-state index contributed by atoms with van der Waals surface area (Å²) in [5, 5.41) is 14.2. The van der Waals surface area contributed by atoms with Gasteiger partial charge in [0.15, 0.2) is 5.11 Å². The van der Waals surface area contributed by atoms with Crippen molar-refractivity contribution in [1.82, 2.24) is 20.5 Å². The Morgan fingerprint density at radius 2 is 2.12 bits per heavy atom. The van der Waals surface area contributed by atoms with Crippen LogP contribution >= 0.6 is 23.6 Å². The molecule has 3 rings (SSSR count). The minimum Gasteiger partial charge on any atom is -0.364 e. The molecule has 0 atom stereocenters. The Kier molecular flexibility index (Phi) is 5.35. The summed E-state index contributed by atoms with van der Waals surface area (Å²) in [4.78, 5) is 1.11. The van der Waals surface area contributed by atoms with Crippen LogP contribution in [0.2, 0.25) is 0 Å². The van der Waals surface area contributed by atoms with Gasteiger partial charge in [-0.25, -0.2) is 0 Å². The van der Waals surface area contributed by atoms with Crippen LogP contribution in [0.5, 0.6) is 0 Å². The lowest BCUT2D eigenvalue weighted by atomic mass is 10.2. The summed E-state index contributed by atoms with van der Waals surface area (Å²) < 4.78 is 1.93. The Morgan fingerprint density at radius 1 is 1.29 bits per heavy atom. The minimum absolute atomic E-state index is 0.473. The topological polar surface area (TPSA) is 54.2 Å². The molecule has 2 N–H and O–H groups in total. The minimum atomic E-state index is 0.473. The van der Waals surface area contributed by atoms with Gasteiger partial charge in [-0.1, -0.05) is 36.4 Å². The molecule has 2 heterocycles.